The van der Waals surface area contributed by atoms with Crippen molar-refractivity contribution in [2.24, 2.45) is 0 Å². The van der Waals surface area contributed by atoms with Crippen LogP contribution >= 0.6 is 49.9 Å². The summed E-state index contributed by atoms with van der Waals surface area (Å²) in [5.74, 6) is 0. The highest BCUT2D eigenvalue weighted by Crippen LogP contribution is 2.35. The summed E-state index contributed by atoms with van der Waals surface area (Å²) in [5.41, 5.74) is 1.32. The third-order valence-electron chi connectivity index (χ3n) is 2.15. The Morgan fingerprint density at radius 2 is 2.07 bits per heavy atom. The van der Waals surface area contributed by atoms with Crippen molar-refractivity contribution in [3.05, 3.63) is 55.3 Å². The summed E-state index contributed by atoms with van der Waals surface area (Å²) in [6.45, 7) is 2.14. The Bertz CT molecular complexity index is 464. The number of benzene rings is 1. The van der Waals surface area contributed by atoms with Crippen molar-refractivity contribution in [3.8, 4) is 0 Å². The van der Waals surface area contributed by atoms with Crippen LogP contribution in [0.15, 0.2) is 36.4 Å². The average Bonchev–Trinajstić information content (AvgIpc) is 2.64. The summed E-state index contributed by atoms with van der Waals surface area (Å²) >= 11 is 7.94. The second-order valence-corrected chi connectivity index (χ2v) is 6.85. The summed E-state index contributed by atoms with van der Waals surface area (Å²) in [6, 6.07) is 13.0. The Balaban J connectivity index is 2.32. The van der Waals surface area contributed by atoms with Gasteiger partial charge < -0.3 is 0 Å². The van der Waals surface area contributed by atoms with Crippen molar-refractivity contribution < 1.29 is 0 Å². The van der Waals surface area contributed by atoms with Crippen molar-refractivity contribution in [3.63, 3.8) is 0 Å². The molecule has 15 heavy (non-hydrogen) atoms. The summed E-state index contributed by atoms with van der Waals surface area (Å²) in [7, 11) is 0. The van der Waals surface area contributed by atoms with Crippen LogP contribution in [0.5, 0.6) is 0 Å². The highest BCUT2D eigenvalue weighted by atomic mass is 127. The fourth-order valence-electron chi connectivity index (χ4n) is 1.42. The van der Waals surface area contributed by atoms with E-state index in [4.69, 9.17) is 0 Å². The van der Waals surface area contributed by atoms with Gasteiger partial charge in [0.1, 0.15) is 0 Å². The van der Waals surface area contributed by atoms with Crippen LogP contribution in [0.4, 0.5) is 0 Å². The van der Waals surface area contributed by atoms with Crippen LogP contribution in [-0.2, 0) is 0 Å². The van der Waals surface area contributed by atoms with E-state index in [0.717, 1.165) is 0 Å². The van der Waals surface area contributed by atoms with Gasteiger partial charge in [0.25, 0.3) is 0 Å². The van der Waals surface area contributed by atoms with Crippen molar-refractivity contribution in [1.82, 2.24) is 0 Å². The molecule has 2 rings (SSSR count). The molecule has 0 N–H and O–H groups in total. The molecule has 0 aliphatic heterocycles. The Hall–Kier alpha value is 0.130. The van der Waals surface area contributed by atoms with Crippen molar-refractivity contribution in [1.29, 1.82) is 0 Å². The molecule has 0 fully saturated rings. The molecule has 0 spiro atoms. The first-order valence-electron chi connectivity index (χ1n) is 4.62. The maximum Gasteiger partial charge on any atom is 0.0738 e. The van der Waals surface area contributed by atoms with E-state index >= 15 is 0 Å². The molecule has 0 nitrogen and oxygen atoms in total. The van der Waals surface area contributed by atoms with Gasteiger partial charge in [0.15, 0.2) is 0 Å². The number of rotatable bonds is 2. The monoisotopic (exact) mass is 392 g/mol. The fourth-order valence-corrected chi connectivity index (χ4v) is 3.59. The van der Waals surface area contributed by atoms with E-state index in [2.05, 4.69) is 81.8 Å². The van der Waals surface area contributed by atoms with Gasteiger partial charge in [-0.15, -0.1) is 11.3 Å². The van der Waals surface area contributed by atoms with Crippen LogP contribution in [0.3, 0.4) is 0 Å². The lowest BCUT2D eigenvalue weighted by molar-refractivity contribution is 1.22. The molecule has 0 bridgehead atoms. The molecular weight excluding hydrogens is 383 g/mol. The minimum atomic E-state index is 0.325. The van der Waals surface area contributed by atoms with E-state index in [1.54, 1.807) is 0 Å². The lowest BCUT2D eigenvalue weighted by atomic mass is 10.1. The predicted octanol–water partition coefficient (Wildman–Crippen LogP) is 5.15. The average molecular weight is 393 g/mol. The molecule has 1 unspecified atom stereocenters. The van der Waals surface area contributed by atoms with Gasteiger partial charge in [0.2, 0.25) is 0 Å². The minimum Gasteiger partial charge on any atom is -0.144 e. The maximum atomic E-state index is 3.75. The standard InChI is InChI=1S/C12H10BrIS/c1-8-5-6-11(15-8)12(13)9-3-2-4-10(14)7-9/h2-7,12H,1H3. The van der Waals surface area contributed by atoms with E-state index in [-0.39, 0.29) is 0 Å². The topological polar surface area (TPSA) is 0 Å². The van der Waals surface area contributed by atoms with Gasteiger partial charge in [0.05, 0.1) is 4.83 Å². The Kier molecular flexibility index (Phi) is 3.85. The third kappa shape index (κ3) is 2.82. The molecule has 2 aromatic rings. The molecule has 0 saturated carbocycles. The second-order valence-electron chi connectivity index (χ2n) is 3.37. The van der Waals surface area contributed by atoms with Crippen LogP contribution in [0.1, 0.15) is 20.1 Å². The zero-order valence-electron chi connectivity index (χ0n) is 8.21. The van der Waals surface area contributed by atoms with Gasteiger partial charge in [-0.25, -0.2) is 0 Å². The highest BCUT2D eigenvalue weighted by Gasteiger charge is 2.11. The summed E-state index contributed by atoms with van der Waals surface area (Å²) in [6.07, 6.45) is 0. The van der Waals surface area contributed by atoms with Crippen molar-refractivity contribution >= 4 is 49.9 Å². The Morgan fingerprint density at radius 3 is 2.67 bits per heavy atom. The zero-order chi connectivity index (χ0) is 10.8. The predicted molar refractivity (Wildman–Crippen MR) is 79.0 cm³/mol. The van der Waals surface area contributed by atoms with Crippen molar-refractivity contribution in [2.45, 2.75) is 11.8 Å². The van der Waals surface area contributed by atoms with Gasteiger partial charge in [-0.3, -0.25) is 0 Å². The molecule has 1 atom stereocenters. The molecular formula is C12H10BrIS. The smallest absolute Gasteiger partial charge is 0.0738 e. The number of thiophene rings is 1. The molecule has 3 heteroatoms. The number of hydrogen-bond acceptors (Lipinski definition) is 1. The number of aryl methyl sites for hydroxylation is 1. The van der Waals surface area contributed by atoms with E-state index in [9.17, 15) is 0 Å². The van der Waals surface area contributed by atoms with Crippen LogP contribution in [-0.4, -0.2) is 0 Å². The van der Waals surface area contributed by atoms with Gasteiger partial charge >= 0.3 is 0 Å². The van der Waals surface area contributed by atoms with Gasteiger partial charge in [-0.2, -0.15) is 0 Å². The van der Waals surface area contributed by atoms with E-state index in [1.165, 1.54) is 18.9 Å². The quantitative estimate of drug-likeness (QED) is 0.490. The van der Waals surface area contributed by atoms with Gasteiger partial charge in [-0.05, 0) is 59.3 Å². The molecule has 1 aromatic carbocycles. The lowest BCUT2D eigenvalue weighted by Gasteiger charge is -2.08. The molecule has 0 radical (unpaired) electrons. The molecule has 0 aliphatic rings. The van der Waals surface area contributed by atoms with Crippen LogP contribution < -0.4 is 0 Å². The first-order chi connectivity index (χ1) is 7.16. The van der Waals surface area contributed by atoms with E-state index < -0.39 is 0 Å². The first-order valence-corrected chi connectivity index (χ1v) is 7.44. The normalized spacial score (nSPS) is 12.7. The van der Waals surface area contributed by atoms with E-state index in [0.29, 0.717) is 4.83 Å². The van der Waals surface area contributed by atoms with Crippen LogP contribution in [0.2, 0.25) is 0 Å². The van der Waals surface area contributed by atoms with Crippen molar-refractivity contribution in [2.75, 3.05) is 0 Å². The number of alkyl halides is 1. The molecule has 0 saturated heterocycles. The number of halogens is 2. The van der Waals surface area contributed by atoms with E-state index in [1.807, 2.05) is 11.3 Å². The maximum absolute atomic E-state index is 3.75. The summed E-state index contributed by atoms with van der Waals surface area (Å²) in [5, 5.41) is 0. The van der Waals surface area contributed by atoms with Gasteiger partial charge in [-0.1, -0.05) is 28.1 Å². The fraction of sp³-hybridized carbons (Fsp3) is 0.167. The first kappa shape index (κ1) is 11.6. The summed E-state index contributed by atoms with van der Waals surface area (Å²) < 4.78 is 1.28. The Morgan fingerprint density at radius 1 is 1.27 bits per heavy atom. The lowest BCUT2D eigenvalue weighted by Crippen LogP contribution is -1.89. The van der Waals surface area contributed by atoms with Crippen LogP contribution in [0, 0.1) is 10.5 Å². The van der Waals surface area contributed by atoms with Gasteiger partial charge in [0, 0.05) is 13.3 Å². The molecule has 0 amide bonds. The minimum absolute atomic E-state index is 0.325. The third-order valence-corrected chi connectivity index (χ3v) is 5.21. The Labute approximate surface area is 116 Å². The molecule has 0 aliphatic carbocycles. The number of hydrogen-bond donors (Lipinski definition) is 0. The van der Waals surface area contributed by atoms with Crippen LogP contribution in [0.25, 0.3) is 0 Å². The molecule has 78 valence electrons. The largest absolute Gasteiger partial charge is 0.144 e. The second kappa shape index (κ2) is 4.97. The SMILES string of the molecule is Cc1ccc(C(Br)c2cccc(I)c2)s1. The summed E-state index contributed by atoms with van der Waals surface area (Å²) in [4.78, 5) is 3.06. The molecule has 1 heterocycles. The highest BCUT2D eigenvalue weighted by molar-refractivity contribution is 14.1. The zero-order valence-corrected chi connectivity index (χ0v) is 12.8. The molecule has 1 aromatic heterocycles.